The van der Waals surface area contributed by atoms with E-state index in [1.54, 1.807) is 0 Å². The van der Waals surface area contributed by atoms with Crippen LogP contribution in [0.5, 0.6) is 0 Å². The lowest BCUT2D eigenvalue weighted by Crippen LogP contribution is -2.63. The molecule has 0 bridgehead atoms. The van der Waals surface area contributed by atoms with Gasteiger partial charge in [0.2, 0.25) is 5.91 Å². The Morgan fingerprint density at radius 1 is 1.16 bits per heavy atom. The second-order valence-corrected chi connectivity index (χ2v) is 12.4. The van der Waals surface area contributed by atoms with Crippen molar-refractivity contribution in [1.29, 1.82) is 0 Å². The highest BCUT2D eigenvalue weighted by Gasteiger charge is 2.52. The first-order valence-corrected chi connectivity index (χ1v) is 15.2. The quantitative estimate of drug-likeness (QED) is 0.312. The van der Waals surface area contributed by atoms with E-state index < -0.39 is 66.8 Å². The minimum absolute atomic E-state index is 0.0338. The molecule has 12 nitrogen and oxygen atoms in total. The Bertz CT molecular complexity index is 1580. The zero-order chi connectivity index (χ0) is 32.7. The SMILES string of the molecule is CO[C@@H]1[C@@H](n2cc(-c3ccc(Br)c(F)c3F)nn2)[C@@H](O)[C@@H](CO)O[C@H]1C(=O)N(c1cc(Cl)cc(Cl)c1)[C@@H]1CN(C(C)=O)C[C@H]1O. The van der Waals surface area contributed by atoms with Gasteiger partial charge in [-0.3, -0.25) is 9.59 Å². The van der Waals surface area contributed by atoms with E-state index in [0.29, 0.717) is 0 Å². The normalized spacial score (nSPS) is 26.7. The third kappa shape index (κ3) is 6.45. The predicted molar refractivity (Wildman–Crippen MR) is 161 cm³/mol. The number of aliphatic hydroxyl groups excluding tert-OH is 3. The van der Waals surface area contributed by atoms with E-state index in [1.165, 1.54) is 60.4 Å². The van der Waals surface area contributed by atoms with Crippen molar-refractivity contribution in [3.8, 4) is 11.3 Å². The molecule has 17 heteroatoms. The highest BCUT2D eigenvalue weighted by molar-refractivity contribution is 9.10. The molecule has 0 aliphatic carbocycles. The molecule has 3 heterocycles. The van der Waals surface area contributed by atoms with Crippen molar-refractivity contribution >= 4 is 56.6 Å². The van der Waals surface area contributed by atoms with E-state index in [2.05, 4.69) is 26.2 Å². The van der Waals surface area contributed by atoms with Crippen LogP contribution < -0.4 is 4.90 Å². The van der Waals surface area contributed by atoms with Crippen LogP contribution in [0.25, 0.3) is 11.3 Å². The summed E-state index contributed by atoms with van der Waals surface area (Å²) in [4.78, 5) is 29.2. The topological polar surface area (TPSA) is 150 Å². The molecule has 0 saturated carbocycles. The number of hydrogen-bond acceptors (Lipinski definition) is 9. The number of carbonyl (C=O) groups excluding carboxylic acids is 2. The molecule has 2 fully saturated rings. The van der Waals surface area contributed by atoms with Crippen molar-refractivity contribution in [1.82, 2.24) is 19.9 Å². The van der Waals surface area contributed by atoms with Gasteiger partial charge in [0.25, 0.3) is 5.91 Å². The Morgan fingerprint density at radius 2 is 1.84 bits per heavy atom. The average Bonchev–Trinajstić information content (AvgIpc) is 3.62. The molecule has 2 saturated heterocycles. The number of methoxy groups -OCH3 is 1. The van der Waals surface area contributed by atoms with Crippen LogP contribution in [-0.2, 0) is 19.1 Å². The molecule has 0 unspecified atom stereocenters. The summed E-state index contributed by atoms with van der Waals surface area (Å²) in [6.45, 7) is 0.529. The molecule has 3 aromatic rings. The zero-order valence-electron chi connectivity index (χ0n) is 23.7. The second kappa shape index (κ2) is 13.5. The van der Waals surface area contributed by atoms with Crippen LogP contribution in [0.2, 0.25) is 10.0 Å². The third-order valence-electron chi connectivity index (χ3n) is 7.91. The molecule has 1 aromatic heterocycles. The van der Waals surface area contributed by atoms with Gasteiger partial charge in [-0.2, -0.15) is 0 Å². The lowest BCUT2D eigenvalue weighted by molar-refractivity contribution is -0.211. The number of β-amino-alcohol motifs (C(OH)–C–C–N with tert-alkyl or cyclic N) is 1. The number of carbonyl (C=O) groups is 2. The fourth-order valence-electron chi connectivity index (χ4n) is 5.71. The first-order chi connectivity index (χ1) is 21.4. The predicted octanol–water partition coefficient (Wildman–Crippen LogP) is 2.59. The summed E-state index contributed by atoms with van der Waals surface area (Å²) in [5.41, 5.74) is -0.105. The maximum Gasteiger partial charge on any atom is 0.259 e. The van der Waals surface area contributed by atoms with Gasteiger partial charge in [-0.05, 0) is 46.3 Å². The number of aliphatic hydroxyl groups is 3. The number of hydrogen-bond donors (Lipinski definition) is 3. The number of amides is 2. The Kier molecular flexibility index (Phi) is 10.1. The van der Waals surface area contributed by atoms with Gasteiger partial charge in [0.15, 0.2) is 17.7 Å². The van der Waals surface area contributed by atoms with E-state index in [1.807, 2.05) is 0 Å². The summed E-state index contributed by atoms with van der Waals surface area (Å²) in [5.74, 6) is -3.40. The Labute approximate surface area is 274 Å². The van der Waals surface area contributed by atoms with Crippen molar-refractivity contribution < 1.29 is 43.2 Å². The number of benzene rings is 2. The van der Waals surface area contributed by atoms with Crippen LogP contribution in [0.15, 0.2) is 41.0 Å². The number of anilines is 1. The molecule has 242 valence electrons. The lowest BCUT2D eigenvalue weighted by Gasteiger charge is -2.45. The smallest absolute Gasteiger partial charge is 0.259 e. The van der Waals surface area contributed by atoms with Gasteiger partial charge < -0.3 is 34.6 Å². The van der Waals surface area contributed by atoms with Gasteiger partial charge in [0.1, 0.15) is 30.0 Å². The van der Waals surface area contributed by atoms with Crippen molar-refractivity contribution in [3.05, 3.63) is 62.7 Å². The van der Waals surface area contributed by atoms with E-state index in [0.717, 1.165) is 4.68 Å². The Hall–Kier alpha value is -2.76. The first kappa shape index (κ1) is 33.6. The van der Waals surface area contributed by atoms with Crippen molar-refractivity contribution in [2.24, 2.45) is 0 Å². The minimum atomic E-state index is -1.54. The Balaban J connectivity index is 1.56. The highest BCUT2D eigenvalue weighted by Crippen LogP contribution is 2.37. The lowest BCUT2D eigenvalue weighted by atomic mass is 9.91. The van der Waals surface area contributed by atoms with Gasteiger partial charge in [-0.25, -0.2) is 13.5 Å². The monoisotopic (exact) mass is 733 g/mol. The molecule has 0 spiro atoms. The summed E-state index contributed by atoms with van der Waals surface area (Å²) in [7, 11) is 1.26. The average molecular weight is 735 g/mol. The standard InChI is InChI=1S/C28H28BrCl2F2N5O7/c1-12(40)36-9-19(20(41)10-36)38(15-6-13(30)5-14(31)7-15)28(43)27-26(44-2)24(25(42)21(11-39)45-27)37-8-18(34-35-37)16-3-4-17(29)23(33)22(16)32/h3-8,19-21,24-27,39,41-42H,9-11H2,1-2H3/t19-,20-,21-,24+,25+,26-,27-/m1/s1. The van der Waals surface area contributed by atoms with Crippen LogP contribution in [-0.4, -0.2) is 110 Å². The van der Waals surface area contributed by atoms with Crippen LogP contribution in [0.1, 0.15) is 13.0 Å². The number of halogens is 5. The molecule has 2 aliphatic heterocycles. The van der Waals surface area contributed by atoms with Crippen molar-refractivity contribution in [2.75, 3.05) is 31.7 Å². The van der Waals surface area contributed by atoms with Gasteiger partial charge in [0.05, 0.1) is 29.4 Å². The largest absolute Gasteiger partial charge is 0.394 e. The number of rotatable bonds is 7. The number of aromatic nitrogens is 3. The fraction of sp³-hybridized carbons (Fsp3) is 0.429. The molecule has 45 heavy (non-hydrogen) atoms. The molecule has 2 amide bonds. The zero-order valence-corrected chi connectivity index (χ0v) is 26.8. The molecule has 2 aromatic carbocycles. The van der Waals surface area contributed by atoms with Crippen LogP contribution in [0.4, 0.5) is 14.5 Å². The van der Waals surface area contributed by atoms with Gasteiger partial charge in [0, 0.05) is 48.4 Å². The summed E-state index contributed by atoms with van der Waals surface area (Å²) in [6.07, 6.45) is -5.61. The molecule has 3 N–H and O–H groups in total. The summed E-state index contributed by atoms with van der Waals surface area (Å²) in [5, 5.41) is 40.7. The molecular weight excluding hydrogens is 707 g/mol. The molecule has 5 rings (SSSR count). The van der Waals surface area contributed by atoms with E-state index in [4.69, 9.17) is 32.7 Å². The molecule has 2 aliphatic rings. The van der Waals surface area contributed by atoms with Crippen LogP contribution in [0.3, 0.4) is 0 Å². The van der Waals surface area contributed by atoms with Crippen molar-refractivity contribution in [2.45, 2.75) is 49.5 Å². The summed E-state index contributed by atoms with van der Waals surface area (Å²) >= 11 is 15.5. The summed E-state index contributed by atoms with van der Waals surface area (Å²) in [6, 6.07) is 4.74. The van der Waals surface area contributed by atoms with E-state index >= 15 is 0 Å². The number of likely N-dealkylation sites (tertiary alicyclic amines) is 1. The second-order valence-electron chi connectivity index (χ2n) is 10.7. The van der Waals surface area contributed by atoms with Crippen LogP contribution in [0, 0.1) is 11.6 Å². The maximum atomic E-state index is 14.7. The van der Waals surface area contributed by atoms with E-state index in [9.17, 15) is 33.7 Å². The molecular formula is C28H28BrCl2F2N5O7. The number of ether oxygens (including phenoxy) is 2. The molecule has 0 radical (unpaired) electrons. The third-order valence-corrected chi connectivity index (χ3v) is 8.96. The first-order valence-electron chi connectivity index (χ1n) is 13.6. The van der Waals surface area contributed by atoms with Gasteiger partial charge in [-0.15, -0.1) is 5.10 Å². The maximum absolute atomic E-state index is 14.7. The number of nitrogens with zero attached hydrogens (tertiary/aromatic N) is 5. The van der Waals surface area contributed by atoms with E-state index in [-0.39, 0.29) is 50.5 Å². The molecule has 7 atom stereocenters. The minimum Gasteiger partial charge on any atom is -0.394 e. The Morgan fingerprint density at radius 3 is 2.44 bits per heavy atom. The van der Waals surface area contributed by atoms with Gasteiger partial charge >= 0.3 is 0 Å². The fourth-order valence-corrected chi connectivity index (χ4v) is 6.53. The van der Waals surface area contributed by atoms with Crippen LogP contribution >= 0.6 is 39.1 Å². The van der Waals surface area contributed by atoms with Crippen molar-refractivity contribution in [3.63, 3.8) is 0 Å². The van der Waals surface area contributed by atoms with Gasteiger partial charge in [-0.1, -0.05) is 28.4 Å². The summed E-state index contributed by atoms with van der Waals surface area (Å²) < 4.78 is 41.6. The highest BCUT2D eigenvalue weighted by atomic mass is 79.9.